The molecular formula is C23H32N2O3S. The number of methoxy groups -OCH3 is 2. The fourth-order valence-electron chi connectivity index (χ4n) is 5.16. The maximum absolute atomic E-state index is 13.3. The first-order valence-electron chi connectivity index (χ1n) is 10.6. The zero-order valence-electron chi connectivity index (χ0n) is 17.7. The number of hydrogen-bond donors (Lipinski definition) is 0. The second-order valence-corrected chi connectivity index (χ2v) is 9.28. The van der Waals surface area contributed by atoms with Crippen molar-refractivity contribution in [3.05, 3.63) is 35.2 Å². The maximum atomic E-state index is 13.3. The zero-order chi connectivity index (χ0) is 20.4. The van der Waals surface area contributed by atoms with Crippen LogP contribution in [-0.4, -0.2) is 74.4 Å². The monoisotopic (exact) mass is 416 g/mol. The second kappa shape index (κ2) is 9.13. The summed E-state index contributed by atoms with van der Waals surface area (Å²) in [6.45, 7) is 2.23. The Labute approximate surface area is 177 Å². The topological polar surface area (TPSA) is 42.0 Å². The Kier molecular flexibility index (Phi) is 6.54. The summed E-state index contributed by atoms with van der Waals surface area (Å²) in [4.78, 5) is 17.9. The summed E-state index contributed by atoms with van der Waals surface area (Å²) in [6.07, 6.45) is 4.78. The molecule has 0 spiro atoms. The van der Waals surface area contributed by atoms with Gasteiger partial charge < -0.3 is 14.4 Å². The number of carbonyl (C=O) groups is 1. The van der Waals surface area contributed by atoms with Gasteiger partial charge in [0.15, 0.2) is 0 Å². The third kappa shape index (κ3) is 4.22. The van der Waals surface area contributed by atoms with E-state index in [2.05, 4.69) is 34.5 Å². The highest BCUT2D eigenvalue weighted by Crippen LogP contribution is 2.33. The van der Waals surface area contributed by atoms with E-state index in [1.165, 1.54) is 22.9 Å². The highest BCUT2D eigenvalue weighted by atomic mass is 32.1. The lowest BCUT2D eigenvalue weighted by Crippen LogP contribution is -2.59. The highest BCUT2D eigenvalue weighted by molar-refractivity contribution is 7.17. The number of hydrogen-bond acceptors (Lipinski definition) is 5. The predicted molar refractivity (Wildman–Crippen MR) is 118 cm³/mol. The summed E-state index contributed by atoms with van der Waals surface area (Å²) in [7, 11) is 5.50. The second-order valence-electron chi connectivity index (χ2n) is 8.33. The van der Waals surface area contributed by atoms with E-state index >= 15 is 0 Å². The SMILES string of the molecule is COC1CC(N2CCCC2)C(N(C)C(=O)Cc2cccc3sccc23)CC1OC. The van der Waals surface area contributed by atoms with Gasteiger partial charge in [0.2, 0.25) is 5.91 Å². The van der Waals surface area contributed by atoms with Crippen molar-refractivity contribution < 1.29 is 14.3 Å². The van der Waals surface area contributed by atoms with Crippen LogP contribution in [0.2, 0.25) is 0 Å². The van der Waals surface area contributed by atoms with Crippen LogP contribution >= 0.6 is 11.3 Å². The fourth-order valence-corrected chi connectivity index (χ4v) is 5.99. The van der Waals surface area contributed by atoms with E-state index in [9.17, 15) is 4.79 Å². The molecule has 0 bridgehead atoms. The van der Waals surface area contributed by atoms with Crippen LogP contribution in [-0.2, 0) is 20.7 Å². The molecule has 6 heteroatoms. The van der Waals surface area contributed by atoms with Gasteiger partial charge in [-0.25, -0.2) is 0 Å². The quantitative estimate of drug-likeness (QED) is 0.722. The van der Waals surface area contributed by atoms with Gasteiger partial charge in [0.1, 0.15) is 0 Å². The lowest BCUT2D eigenvalue weighted by Gasteiger charge is -2.47. The largest absolute Gasteiger partial charge is 0.379 e. The molecule has 4 atom stereocenters. The van der Waals surface area contributed by atoms with Crippen molar-refractivity contribution >= 4 is 27.3 Å². The van der Waals surface area contributed by atoms with Gasteiger partial charge in [-0.15, -0.1) is 11.3 Å². The van der Waals surface area contributed by atoms with Gasteiger partial charge in [0.25, 0.3) is 0 Å². The van der Waals surface area contributed by atoms with Crippen LogP contribution in [0.15, 0.2) is 29.6 Å². The number of benzene rings is 1. The van der Waals surface area contributed by atoms with Crippen molar-refractivity contribution in [1.29, 1.82) is 0 Å². The molecule has 1 amide bonds. The fraction of sp³-hybridized carbons (Fsp3) is 0.609. The molecule has 1 aliphatic carbocycles. The first-order chi connectivity index (χ1) is 14.1. The molecule has 4 rings (SSSR count). The molecular weight excluding hydrogens is 384 g/mol. The van der Waals surface area contributed by atoms with E-state index in [-0.39, 0.29) is 24.2 Å². The summed E-state index contributed by atoms with van der Waals surface area (Å²) in [5, 5.41) is 3.30. The van der Waals surface area contributed by atoms with Gasteiger partial charge in [-0.3, -0.25) is 9.69 Å². The Morgan fingerprint density at radius 3 is 2.59 bits per heavy atom. The normalized spacial score (nSPS) is 28.1. The smallest absolute Gasteiger partial charge is 0.227 e. The predicted octanol–water partition coefficient (Wildman–Crippen LogP) is 3.56. The first kappa shape index (κ1) is 20.8. The molecule has 5 nitrogen and oxygen atoms in total. The number of thiophene rings is 1. The van der Waals surface area contributed by atoms with E-state index in [1.807, 2.05) is 11.9 Å². The van der Waals surface area contributed by atoms with Gasteiger partial charge in [-0.2, -0.15) is 0 Å². The average molecular weight is 417 g/mol. The molecule has 1 saturated heterocycles. The van der Waals surface area contributed by atoms with Crippen LogP contribution in [0.5, 0.6) is 0 Å². The van der Waals surface area contributed by atoms with Gasteiger partial charge in [0.05, 0.1) is 18.6 Å². The first-order valence-corrected chi connectivity index (χ1v) is 11.5. The standard InChI is InChI=1S/C23H32N2O3S/c1-24(23(26)13-16-7-6-8-22-17(16)9-12-29-22)18-14-20(27-2)21(28-3)15-19(18)25-10-4-5-11-25/h6-9,12,18-21H,4-5,10-11,13-15H2,1-3H3. The number of rotatable bonds is 6. The summed E-state index contributed by atoms with van der Waals surface area (Å²) in [5.74, 6) is 0.184. The Morgan fingerprint density at radius 1 is 1.14 bits per heavy atom. The Bertz CT molecular complexity index is 832. The third-order valence-corrected chi connectivity index (χ3v) is 7.72. The van der Waals surface area contributed by atoms with Gasteiger partial charge in [-0.1, -0.05) is 12.1 Å². The van der Waals surface area contributed by atoms with Crippen molar-refractivity contribution in [2.45, 2.75) is 56.4 Å². The molecule has 1 aromatic carbocycles. The molecule has 29 heavy (non-hydrogen) atoms. The minimum Gasteiger partial charge on any atom is -0.379 e. The molecule has 1 aromatic heterocycles. The van der Waals surface area contributed by atoms with Crippen LogP contribution in [0.4, 0.5) is 0 Å². The van der Waals surface area contributed by atoms with Crippen LogP contribution in [0, 0.1) is 0 Å². The number of likely N-dealkylation sites (tertiary alicyclic amines) is 1. The summed E-state index contributed by atoms with van der Waals surface area (Å²) >= 11 is 1.73. The number of fused-ring (bicyclic) bond motifs is 1. The van der Waals surface area contributed by atoms with Crippen molar-refractivity contribution in [3.8, 4) is 0 Å². The average Bonchev–Trinajstić information content (AvgIpc) is 3.44. The molecule has 4 unspecified atom stereocenters. The Balaban J connectivity index is 1.54. The van der Waals surface area contributed by atoms with E-state index in [0.717, 1.165) is 31.5 Å². The van der Waals surface area contributed by atoms with Crippen molar-refractivity contribution in [3.63, 3.8) is 0 Å². The summed E-state index contributed by atoms with van der Waals surface area (Å²) in [5.41, 5.74) is 1.12. The number of carbonyl (C=O) groups excluding carboxylic acids is 1. The van der Waals surface area contributed by atoms with Crippen LogP contribution in [0.1, 0.15) is 31.2 Å². The Hall–Kier alpha value is -1.47. The lowest BCUT2D eigenvalue weighted by atomic mass is 9.84. The summed E-state index contributed by atoms with van der Waals surface area (Å²) in [6, 6.07) is 8.87. The number of amides is 1. The lowest BCUT2D eigenvalue weighted by molar-refractivity contribution is -0.140. The molecule has 1 saturated carbocycles. The number of likely N-dealkylation sites (N-methyl/N-ethyl adjacent to an activating group) is 1. The van der Waals surface area contributed by atoms with E-state index in [0.29, 0.717) is 12.5 Å². The molecule has 0 N–H and O–H groups in total. The molecule has 2 heterocycles. The van der Waals surface area contributed by atoms with Gasteiger partial charge in [0, 0.05) is 38.1 Å². The number of ether oxygens (including phenoxy) is 2. The molecule has 2 aromatic rings. The molecule has 2 aliphatic rings. The van der Waals surface area contributed by atoms with E-state index in [4.69, 9.17) is 9.47 Å². The van der Waals surface area contributed by atoms with E-state index in [1.54, 1.807) is 25.6 Å². The van der Waals surface area contributed by atoms with E-state index < -0.39 is 0 Å². The van der Waals surface area contributed by atoms with Gasteiger partial charge in [-0.05, 0) is 67.2 Å². The zero-order valence-corrected chi connectivity index (χ0v) is 18.5. The maximum Gasteiger partial charge on any atom is 0.227 e. The van der Waals surface area contributed by atoms with Crippen LogP contribution in [0.3, 0.4) is 0 Å². The van der Waals surface area contributed by atoms with Gasteiger partial charge >= 0.3 is 0 Å². The highest BCUT2D eigenvalue weighted by Gasteiger charge is 2.43. The molecule has 158 valence electrons. The Morgan fingerprint density at radius 2 is 1.86 bits per heavy atom. The molecule has 2 fully saturated rings. The summed E-state index contributed by atoms with van der Waals surface area (Å²) < 4.78 is 12.7. The minimum absolute atomic E-state index is 0.0272. The number of nitrogens with zero attached hydrogens (tertiary/aromatic N) is 2. The molecule has 0 radical (unpaired) electrons. The van der Waals surface area contributed by atoms with Crippen LogP contribution in [0.25, 0.3) is 10.1 Å². The van der Waals surface area contributed by atoms with Crippen molar-refractivity contribution in [2.75, 3.05) is 34.4 Å². The minimum atomic E-state index is 0.0272. The van der Waals surface area contributed by atoms with Crippen LogP contribution < -0.4 is 0 Å². The molecule has 1 aliphatic heterocycles. The van der Waals surface area contributed by atoms with Crippen molar-refractivity contribution in [1.82, 2.24) is 9.80 Å². The van der Waals surface area contributed by atoms with Crippen molar-refractivity contribution in [2.24, 2.45) is 0 Å². The third-order valence-electron chi connectivity index (χ3n) is 6.84.